The van der Waals surface area contributed by atoms with Gasteiger partial charge in [0.1, 0.15) is 5.75 Å². The quantitative estimate of drug-likeness (QED) is 0.668. The summed E-state index contributed by atoms with van der Waals surface area (Å²) >= 11 is 5.27. The molecule has 3 aromatic carbocycles. The Morgan fingerprint density at radius 3 is 2.31 bits per heavy atom. The molecule has 2 N–H and O–H groups in total. The molecule has 0 atom stereocenters. The predicted octanol–water partition coefficient (Wildman–Crippen LogP) is 4.54. The summed E-state index contributed by atoms with van der Waals surface area (Å²) in [6, 6.07) is 19.4. The van der Waals surface area contributed by atoms with Gasteiger partial charge in [-0.15, -0.1) is 0 Å². The number of ether oxygens (including phenoxy) is 1. The van der Waals surface area contributed by atoms with E-state index >= 15 is 0 Å². The molecule has 132 valence electrons. The van der Waals surface area contributed by atoms with E-state index in [4.69, 9.17) is 17.0 Å². The van der Waals surface area contributed by atoms with E-state index in [2.05, 4.69) is 17.6 Å². The van der Waals surface area contributed by atoms with Gasteiger partial charge in [0.25, 0.3) is 5.91 Å². The van der Waals surface area contributed by atoms with Gasteiger partial charge < -0.3 is 10.1 Å². The summed E-state index contributed by atoms with van der Waals surface area (Å²) in [5.74, 6) is 0.201. The highest BCUT2D eigenvalue weighted by Gasteiger charge is 2.15. The number of hydrogen-bond acceptors (Lipinski definition) is 3. The fourth-order valence-corrected chi connectivity index (χ4v) is 2.93. The minimum atomic E-state index is -0.310. The number of thiocarbonyl (C=S) groups is 1. The number of anilines is 1. The number of fused-ring (bicyclic) bond motifs is 1. The number of rotatable bonds is 4. The fourth-order valence-electron chi connectivity index (χ4n) is 2.72. The average Bonchev–Trinajstić information content (AvgIpc) is 2.67. The van der Waals surface area contributed by atoms with Gasteiger partial charge in [-0.1, -0.05) is 43.3 Å². The summed E-state index contributed by atoms with van der Waals surface area (Å²) in [6.07, 6.45) is 0.975. The Kier molecular flexibility index (Phi) is 5.49. The monoisotopic (exact) mass is 364 g/mol. The zero-order chi connectivity index (χ0) is 18.5. The van der Waals surface area contributed by atoms with Crippen LogP contribution in [0.5, 0.6) is 5.75 Å². The Morgan fingerprint density at radius 2 is 1.69 bits per heavy atom. The summed E-state index contributed by atoms with van der Waals surface area (Å²) in [5.41, 5.74) is 2.51. The summed E-state index contributed by atoms with van der Waals surface area (Å²) in [4.78, 5) is 12.7. The third-order valence-corrected chi connectivity index (χ3v) is 4.36. The first kappa shape index (κ1) is 17.9. The third-order valence-electron chi connectivity index (χ3n) is 4.16. The maximum atomic E-state index is 12.7. The van der Waals surface area contributed by atoms with Crippen LogP contribution in [-0.4, -0.2) is 18.1 Å². The SMILES string of the molecule is CCc1ccc(NC(=S)NC(=O)c2cc3ccccc3cc2OC)cc1. The predicted molar refractivity (Wildman–Crippen MR) is 110 cm³/mol. The minimum Gasteiger partial charge on any atom is -0.496 e. The number of nitrogens with one attached hydrogen (secondary N) is 2. The molecule has 0 aromatic heterocycles. The minimum absolute atomic E-state index is 0.245. The van der Waals surface area contributed by atoms with Crippen LogP contribution in [0.15, 0.2) is 60.7 Å². The van der Waals surface area contributed by atoms with Crippen LogP contribution in [0.3, 0.4) is 0 Å². The number of hydrogen-bond donors (Lipinski definition) is 2. The van der Waals surface area contributed by atoms with E-state index in [-0.39, 0.29) is 11.0 Å². The number of benzene rings is 3. The molecule has 3 rings (SSSR count). The van der Waals surface area contributed by atoms with Crippen molar-refractivity contribution in [3.63, 3.8) is 0 Å². The van der Waals surface area contributed by atoms with Gasteiger partial charge in [0.15, 0.2) is 5.11 Å². The lowest BCUT2D eigenvalue weighted by Crippen LogP contribution is -2.34. The molecule has 0 saturated heterocycles. The molecule has 0 aliphatic carbocycles. The van der Waals surface area contributed by atoms with Gasteiger partial charge in [0.05, 0.1) is 12.7 Å². The zero-order valence-corrected chi connectivity index (χ0v) is 15.5. The van der Waals surface area contributed by atoms with E-state index in [9.17, 15) is 4.79 Å². The highest BCUT2D eigenvalue weighted by atomic mass is 32.1. The zero-order valence-electron chi connectivity index (χ0n) is 14.7. The molecule has 0 spiro atoms. The molecule has 0 bridgehead atoms. The third kappa shape index (κ3) is 4.00. The maximum absolute atomic E-state index is 12.7. The van der Waals surface area contributed by atoms with Gasteiger partial charge in [-0.3, -0.25) is 10.1 Å². The molecule has 26 heavy (non-hydrogen) atoms. The first-order valence-electron chi connectivity index (χ1n) is 8.38. The van der Waals surface area contributed by atoms with E-state index in [0.29, 0.717) is 11.3 Å². The van der Waals surface area contributed by atoms with Crippen LogP contribution in [0.4, 0.5) is 5.69 Å². The van der Waals surface area contributed by atoms with Gasteiger partial charge >= 0.3 is 0 Å². The first-order valence-corrected chi connectivity index (χ1v) is 8.79. The van der Waals surface area contributed by atoms with Crippen molar-refractivity contribution in [2.75, 3.05) is 12.4 Å². The van der Waals surface area contributed by atoms with E-state index in [0.717, 1.165) is 22.9 Å². The van der Waals surface area contributed by atoms with E-state index in [1.54, 1.807) is 7.11 Å². The lowest BCUT2D eigenvalue weighted by molar-refractivity contribution is 0.0975. The highest BCUT2D eigenvalue weighted by Crippen LogP contribution is 2.25. The van der Waals surface area contributed by atoms with Crippen molar-refractivity contribution in [2.24, 2.45) is 0 Å². The number of methoxy groups -OCH3 is 1. The van der Waals surface area contributed by atoms with E-state index in [1.807, 2.05) is 60.7 Å². The van der Waals surface area contributed by atoms with Crippen LogP contribution in [0, 0.1) is 0 Å². The Hall–Kier alpha value is -2.92. The summed E-state index contributed by atoms with van der Waals surface area (Å²) < 4.78 is 5.38. The molecule has 5 heteroatoms. The standard InChI is InChI=1S/C21H20N2O2S/c1-3-14-8-10-17(11-9-14)22-21(26)23-20(24)18-12-15-6-4-5-7-16(15)13-19(18)25-2/h4-13H,3H2,1-2H3,(H2,22,23,24,26). The van der Waals surface area contributed by atoms with Crippen LogP contribution in [0.25, 0.3) is 10.8 Å². The van der Waals surface area contributed by atoms with Gasteiger partial charge in [0, 0.05) is 5.69 Å². The highest BCUT2D eigenvalue weighted by molar-refractivity contribution is 7.80. The number of aryl methyl sites for hydroxylation is 1. The molecule has 3 aromatic rings. The molecule has 1 amide bonds. The van der Waals surface area contributed by atoms with Gasteiger partial charge in [-0.25, -0.2) is 0 Å². The Morgan fingerprint density at radius 1 is 1.04 bits per heavy atom. The van der Waals surface area contributed by atoms with E-state index < -0.39 is 0 Å². The molecular weight excluding hydrogens is 344 g/mol. The molecule has 0 fully saturated rings. The first-order chi connectivity index (χ1) is 12.6. The summed E-state index contributed by atoms with van der Waals surface area (Å²) in [7, 11) is 1.55. The second-order valence-corrected chi connectivity index (χ2v) is 6.27. The van der Waals surface area contributed by atoms with Crippen molar-refractivity contribution in [2.45, 2.75) is 13.3 Å². The van der Waals surface area contributed by atoms with Crippen LogP contribution in [0.2, 0.25) is 0 Å². The van der Waals surface area contributed by atoms with Crippen molar-refractivity contribution < 1.29 is 9.53 Å². The molecule has 0 saturated carbocycles. The lowest BCUT2D eigenvalue weighted by atomic mass is 10.1. The van der Waals surface area contributed by atoms with Gasteiger partial charge in [0.2, 0.25) is 0 Å². The molecule has 0 unspecified atom stereocenters. The number of carbonyl (C=O) groups is 1. The largest absolute Gasteiger partial charge is 0.496 e. The van der Waals surface area contributed by atoms with Crippen LogP contribution in [-0.2, 0) is 6.42 Å². The topological polar surface area (TPSA) is 50.4 Å². The summed E-state index contributed by atoms with van der Waals surface area (Å²) in [6.45, 7) is 2.10. The van der Waals surface area contributed by atoms with Crippen molar-refractivity contribution in [1.29, 1.82) is 0 Å². The Bertz CT molecular complexity index is 952. The van der Waals surface area contributed by atoms with Crippen LogP contribution < -0.4 is 15.4 Å². The van der Waals surface area contributed by atoms with Crippen molar-refractivity contribution in [3.8, 4) is 5.75 Å². The second-order valence-electron chi connectivity index (χ2n) is 5.86. The maximum Gasteiger partial charge on any atom is 0.261 e. The fraction of sp³-hybridized carbons (Fsp3) is 0.143. The van der Waals surface area contributed by atoms with Crippen LogP contribution >= 0.6 is 12.2 Å². The Balaban J connectivity index is 1.76. The normalized spacial score (nSPS) is 10.4. The molecular formula is C21H20N2O2S. The van der Waals surface area contributed by atoms with Gasteiger partial charge in [-0.05, 0) is 59.2 Å². The molecule has 0 aliphatic rings. The van der Waals surface area contributed by atoms with Gasteiger partial charge in [-0.2, -0.15) is 0 Å². The summed E-state index contributed by atoms with van der Waals surface area (Å²) in [5, 5.41) is 7.96. The van der Waals surface area contributed by atoms with Crippen LogP contribution in [0.1, 0.15) is 22.8 Å². The Labute approximate surface area is 158 Å². The molecule has 4 nitrogen and oxygen atoms in total. The van der Waals surface area contributed by atoms with Crippen molar-refractivity contribution in [1.82, 2.24) is 5.32 Å². The smallest absolute Gasteiger partial charge is 0.261 e. The van der Waals surface area contributed by atoms with Crippen molar-refractivity contribution >= 4 is 39.7 Å². The molecule has 0 radical (unpaired) electrons. The second kappa shape index (κ2) is 7.97. The number of amides is 1. The average molecular weight is 364 g/mol. The molecule has 0 aliphatic heterocycles. The van der Waals surface area contributed by atoms with E-state index in [1.165, 1.54) is 5.56 Å². The molecule has 0 heterocycles. The van der Waals surface area contributed by atoms with Crippen molar-refractivity contribution in [3.05, 3.63) is 71.8 Å². The lowest BCUT2D eigenvalue weighted by Gasteiger charge is -2.13. The number of carbonyl (C=O) groups excluding carboxylic acids is 1.